The lowest BCUT2D eigenvalue weighted by molar-refractivity contribution is -0.123. The maximum atomic E-state index is 13.0. The van der Waals surface area contributed by atoms with Crippen LogP contribution in [0, 0.1) is 0 Å². The maximum Gasteiger partial charge on any atom is 0.343 e. The molecule has 0 atom stereocenters. The lowest BCUT2D eigenvalue weighted by Gasteiger charge is -2.14. The van der Waals surface area contributed by atoms with Crippen molar-refractivity contribution in [3.05, 3.63) is 97.3 Å². The van der Waals surface area contributed by atoms with Gasteiger partial charge in [0, 0.05) is 10.0 Å². The van der Waals surface area contributed by atoms with Gasteiger partial charge in [0.1, 0.15) is 0 Å². The van der Waals surface area contributed by atoms with Crippen LogP contribution in [-0.4, -0.2) is 28.6 Å². The van der Waals surface area contributed by atoms with E-state index < -0.39 is 17.1 Å². The fourth-order valence-corrected chi connectivity index (χ4v) is 4.87. The van der Waals surface area contributed by atoms with Crippen LogP contribution in [0.5, 0.6) is 11.5 Å². The van der Waals surface area contributed by atoms with E-state index in [2.05, 4.69) is 0 Å². The normalized spacial score (nSPS) is 14.4. The Hall–Kier alpha value is -2.97. The summed E-state index contributed by atoms with van der Waals surface area (Å²) >= 11 is 19.4. The number of carbonyl (C=O) groups excluding carboxylic acids is 3. The summed E-state index contributed by atoms with van der Waals surface area (Å²) in [4.78, 5) is 39.5. The van der Waals surface area contributed by atoms with Crippen molar-refractivity contribution in [3.8, 4) is 11.5 Å². The van der Waals surface area contributed by atoms with Crippen LogP contribution in [0.1, 0.15) is 28.4 Å². The summed E-state index contributed by atoms with van der Waals surface area (Å²) in [7, 11) is 0. The summed E-state index contributed by atoms with van der Waals surface area (Å²) in [6.45, 7) is 2.10. The predicted molar refractivity (Wildman–Crippen MR) is 142 cm³/mol. The van der Waals surface area contributed by atoms with E-state index in [1.807, 2.05) is 0 Å². The van der Waals surface area contributed by atoms with Crippen molar-refractivity contribution in [1.82, 2.24) is 4.90 Å². The molecule has 10 heteroatoms. The third-order valence-electron chi connectivity index (χ3n) is 5.04. The summed E-state index contributed by atoms with van der Waals surface area (Å²) in [5, 5.41) is 0.545. The number of carbonyl (C=O) groups is 3. The number of hydrogen-bond acceptors (Lipinski definition) is 6. The second kappa shape index (κ2) is 11.4. The predicted octanol–water partition coefficient (Wildman–Crippen LogP) is 7.50. The third-order valence-corrected chi connectivity index (χ3v) is 6.84. The van der Waals surface area contributed by atoms with E-state index in [0.29, 0.717) is 21.2 Å². The maximum absolute atomic E-state index is 13.0. The Morgan fingerprint density at radius 3 is 2.50 bits per heavy atom. The molecule has 0 saturated carbocycles. The van der Waals surface area contributed by atoms with Crippen LogP contribution in [0.15, 0.2) is 65.6 Å². The molecule has 2 amide bonds. The molecule has 3 aromatic rings. The highest BCUT2D eigenvalue weighted by Gasteiger charge is 2.35. The van der Waals surface area contributed by atoms with Gasteiger partial charge in [-0.3, -0.25) is 14.5 Å². The number of imide groups is 1. The summed E-state index contributed by atoms with van der Waals surface area (Å²) in [6.07, 6.45) is 1.54. The lowest BCUT2D eigenvalue weighted by Crippen LogP contribution is -2.27. The van der Waals surface area contributed by atoms with Crippen molar-refractivity contribution in [2.75, 3.05) is 6.61 Å². The highest BCUT2D eigenvalue weighted by atomic mass is 35.5. The zero-order valence-corrected chi connectivity index (χ0v) is 21.9. The molecule has 0 N–H and O–H groups in total. The molecule has 0 radical (unpaired) electrons. The molecule has 6 nitrogen and oxygen atoms in total. The molecule has 1 fully saturated rings. The summed E-state index contributed by atoms with van der Waals surface area (Å²) in [5.74, 6) is -0.862. The fraction of sp³-hybridized carbons (Fsp3) is 0.115. The summed E-state index contributed by atoms with van der Waals surface area (Å²) < 4.78 is 11.1. The first-order valence-corrected chi connectivity index (χ1v) is 12.6. The molecule has 0 bridgehead atoms. The smallest absolute Gasteiger partial charge is 0.343 e. The number of benzene rings is 3. The Labute approximate surface area is 226 Å². The first kappa shape index (κ1) is 26.1. The second-order valence-corrected chi connectivity index (χ2v) is 9.77. The van der Waals surface area contributed by atoms with E-state index in [4.69, 9.17) is 44.3 Å². The minimum atomic E-state index is -0.659. The standard InChI is InChI=1S/C26H18Cl3NO5S/c1-2-34-21-11-15(10-20(29)23(21)35-25(32)16-7-5-8-18(27)13-16)12-22-24(31)30(26(33)36-22)14-17-6-3-4-9-19(17)28/h3-13H,2,14H2,1H3/b22-12-. The summed E-state index contributed by atoms with van der Waals surface area (Å²) in [6, 6.07) is 16.4. The van der Waals surface area contributed by atoms with Crippen molar-refractivity contribution in [2.24, 2.45) is 0 Å². The molecule has 1 aliphatic heterocycles. The molecular formula is C26H18Cl3NO5S. The molecule has 184 valence electrons. The SMILES string of the molecule is CCOc1cc(/C=C2\SC(=O)N(Cc3ccccc3Cl)C2=O)cc(Cl)c1OC(=O)c1cccc(Cl)c1. The number of hydrogen-bond donors (Lipinski definition) is 0. The lowest BCUT2D eigenvalue weighted by atomic mass is 10.1. The van der Waals surface area contributed by atoms with E-state index >= 15 is 0 Å². The molecule has 0 aromatic heterocycles. The monoisotopic (exact) mass is 561 g/mol. The Kier molecular flexibility index (Phi) is 8.26. The molecule has 1 saturated heterocycles. The van der Waals surface area contributed by atoms with Crippen molar-refractivity contribution in [3.63, 3.8) is 0 Å². The Morgan fingerprint density at radius 2 is 1.78 bits per heavy atom. The van der Waals surface area contributed by atoms with Crippen LogP contribution in [-0.2, 0) is 11.3 Å². The molecule has 3 aromatic carbocycles. The molecule has 36 heavy (non-hydrogen) atoms. The van der Waals surface area contributed by atoms with E-state index in [0.717, 1.165) is 16.7 Å². The number of ether oxygens (including phenoxy) is 2. The molecule has 1 aliphatic rings. The quantitative estimate of drug-likeness (QED) is 0.169. The molecular weight excluding hydrogens is 545 g/mol. The van der Waals surface area contributed by atoms with Crippen molar-refractivity contribution in [1.29, 1.82) is 0 Å². The number of halogens is 3. The second-order valence-electron chi connectivity index (χ2n) is 7.52. The topological polar surface area (TPSA) is 72.9 Å². The van der Waals surface area contributed by atoms with Crippen molar-refractivity contribution in [2.45, 2.75) is 13.5 Å². The Morgan fingerprint density at radius 1 is 1.00 bits per heavy atom. The highest BCUT2D eigenvalue weighted by molar-refractivity contribution is 8.18. The van der Waals surface area contributed by atoms with Gasteiger partial charge in [0.15, 0.2) is 11.5 Å². The van der Waals surface area contributed by atoms with Crippen LogP contribution in [0.2, 0.25) is 15.1 Å². The number of esters is 1. The highest BCUT2D eigenvalue weighted by Crippen LogP contribution is 2.40. The van der Waals surface area contributed by atoms with Gasteiger partial charge >= 0.3 is 5.97 Å². The molecule has 4 rings (SSSR count). The van der Waals surface area contributed by atoms with Crippen LogP contribution in [0.4, 0.5) is 4.79 Å². The van der Waals surface area contributed by atoms with Gasteiger partial charge in [-0.05, 0) is 72.3 Å². The van der Waals surface area contributed by atoms with Gasteiger partial charge in [0.25, 0.3) is 11.1 Å². The van der Waals surface area contributed by atoms with Crippen LogP contribution >= 0.6 is 46.6 Å². The van der Waals surface area contributed by atoms with Gasteiger partial charge < -0.3 is 9.47 Å². The average molecular weight is 563 g/mol. The third kappa shape index (κ3) is 5.87. The zero-order chi connectivity index (χ0) is 25.8. The van der Waals surface area contributed by atoms with Crippen LogP contribution in [0.25, 0.3) is 6.08 Å². The zero-order valence-electron chi connectivity index (χ0n) is 18.8. The van der Waals surface area contributed by atoms with Crippen LogP contribution < -0.4 is 9.47 Å². The van der Waals surface area contributed by atoms with Gasteiger partial charge in [-0.2, -0.15) is 0 Å². The van der Waals surface area contributed by atoms with E-state index in [-0.39, 0.29) is 40.1 Å². The van der Waals surface area contributed by atoms with Crippen LogP contribution in [0.3, 0.4) is 0 Å². The number of amides is 2. The molecule has 0 aliphatic carbocycles. The Bertz CT molecular complexity index is 1390. The van der Waals surface area contributed by atoms with Gasteiger partial charge in [0.2, 0.25) is 0 Å². The first-order valence-electron chi connectivity index (χ1n) is 10.7. The van der Waals surface area contributed by atoms with E-state index in [1.165, 1.54) is 18.2 Å². The summed E-state index contributed by atoms with van der Waals surface area (Å²) in [5.41, 5.74) is 1.40. The number of rotatable bonds is 7. The van der Waals surface area contributed by atoms with E-state index in [9.17, 15) is 14.4 Å². The van der Waals surface area contributed by atoms with Gasteiger partial charge in [-0.15, -0.1) is 0 Å². The average Bonchev–Trinajstić information content (AvgIpc) is 3.10. The van der Waals surface area contributed by atoms with Gasteiger partial charge in [0.05, 0.1) is 28.6 Å². The minimum absolute atomic E-state index is 0.0347. The fourth-order valence-electron chi connectivity index (χ4n) is 3.38. The molecule has 0 spiro atoms. The number of nitrogens with zero attached hydrogens (tertiary/aromatic N) is 1. The largest absolute Gasteiger partial charge is 0.490 e. The van der Waals surface area contributed by atoms with Crippen molar-refractivity contribution >= 4 is 69.8 Å². The minimum Gasteiger partial charge on any atom is -0.490 e. The van der Waals surface area contributed by atoms with Gasteiger partial charge in [-0.25, -0.2) is 4.79 Å². The van der Waals surface area contributed by atoms with Gasteiger partial charge in [-0.1, -0.05) is 59.1 Å². The molecule has 1 heterocycles. The molecule has 0 unspecified atom stereocenters. The number of thioether (sulfide) groups is 1. The first-order chi connectivity index (χ1) is 17.3. The Balaban J connectivity index is 1.60. The van der Waals surface area contributed by atoms with E-state index in [1.54, 1.807) is 55.5 Å². The van der Waals surface area contributed by atoms with Crippen molar-refractivity contribution < 1.29 is 23.9 Å².